The van der Waals surface area contributed by atoms with Gasteiger partial charge in [-0.15, -0.1) is 0 Å². The summed E-state index contributed by atoms with van der Waals surface area (Å²) in [6.07, 6.45) is 2.73. The third-order valence-corrected chi connectivity index (χ3v) is 4.63. The van der Waals surface area contributed by atoms with Gasteiger partial charge in [0.1, 0.15) is 0 Å². The number of rotatable bonds is 7. The van der Waals surface area contributed by atoms with Crippen molar-refractivity contribution in [2.24, 2.45) is 4.99 Å². The summed E-state index contributed by atoms with van der Waals surface area (Å²) in [5, 5.41) is 11.5. The maximum atomic E-state index is 11.9. The highest BCUT2D eigenvalue weighted by atomic mass is 35.5. The van der Waals surface area contributed by atoms with Crippen LogP contribution < -0.4 is 5.32 Å². The van der Waals surface area contributed by atoms with Crippen LogP contribution in [0.15, 0.2) is 22.0 Å². The Balaban J connectivity index is 3.22. The van der Waals surface area contributed by atoms with Gasteiger partial charge in [0, 0.05) is 30.6 Å². The lowest BCUT2D eigenvalue weighted by Gasteiger charge is -2.14. The van der Waals surface area contributed by atoms with Crippen molar-refractivity contribution in [3.05, 3.63) is 28.3 Å². The molecule has 0 radical (unpaired) electrons. The molecule has 7 nitrogen and oxygen atoms in total. The van der Waals surface area contributed by atoms with Gasteiger partial charge in [-0.3, -0.25) is 0 Å². The fourth-order valence-electron chi connectivity index (χ4n) is 1.98. The second kappa shape index (κ2) is 8.78. The van der Waals surface area contributed by atoms with Gasteiger partial charge < -0.3 is 10.1 Å². The van der Waals surface area contributed by atoms with Crippen LogP contribution >= 0.6 is 11.6 Å². The summed E-state index contributed by atoms with van der Waals surface area (Å²) in [5.74, 6) is -0.619. The number of hydrogen-bond donors (Lipinski definition) is 1. The summed E-state index contributed by atoms with van der Waals surface area (Å²) >= 11 is 6.24. The molecule has 1 aromatic rings. The Kier molecular flexibility index (Phi) is 7.35. The summed E-state index contributed by atoms with van der Waals surface area (Å²) in [6, 6.07) is 2.67. The second-order valence-electron chi connectivity index (χ2n) is 4.95. The molecule has 1 N–H and O–H groups in total. The number of halogens is 1. The molecule has 0 saturated carbocycles. The minimum atomic E-state index is -3.53. The molecule has 24 heavy (non-hydrogen) atoms. The van der Waals surface area contributed by atoms with Gasteiger partial charge in [0.15, 0.2) is 9.84 Å². The molecule has 9 heteroatoms. The van der Waals surface area contributed by atoms with Crippen LogP contribution in [0.5, 0.6) is 0 Å². The lowest BCUT2D eigenvalue weighted by atomic mass is 10.1. The standard InChI is InChI=1S/C15H18ClN3O4S/c1-4-23-15(20)11-5-6-13(24(3,21)22)12(14(11)16)8-18-7-10(2)19-9-17/h5-6,18H,4,7-8H2,1-3H3/b19-10+. The number of nitrogens with one attached hydrogen (secondary N) is 1. The van der Waals surface area contributed by atoms with E-state index in [2.05, 4.69) is 10.3 Å². The highest BCUT2D eigenvalue weighted by Gasteiger charge is 2.22. The first kappa shape index (κ1) is 20.1. The molecule has 0 saturated heterocycles. The molecule has 0 heterocycles. The number of carbonyl (C=O) groups excluding carboxylic acids is 1. The Morgan fingerprint density at radius 3 is 2.67 bits per heavy atom. The van der Waals surface area contributed by atoms with E-state index in [1.807, 2.05) is 0 Å². The van der Waals surface area contributed by atoms with Crippen LogP contribution in [-0.4, -0.2) is 39.5 Å². The van der Waals surface area contributed by atoms with Crippen molar-refractivity contribution in [2.75, 3.05) is 19.4 Å². The van der Waals surface area contributed by atoms with Crippen molar-refractivity contribution < 1.29 is 17.9 Å². The molecule has 0 amide bonds. The second-order valence-corrected chi connectivity index (χ2v) is 7.31. The first-order valence-electron chi connectivity index (χ1n) is 7.03. The molecule has 1 rings (SSSR count). The lowest BCUT2D eigenvalue weighted by molar-refractivity contribution is 0.0526. The molecule has 0 aliphatic carbocycles. The van der Waals surface area contributed by atoms with Crippen molar-refractivity contribution in [3.8, 4) is 6.19 Å². The number of carbonyl (C=O) groups is 1. The minimum Gasteiger partial charge on any atom is -0.462 e. The Morgan fingerprint density at radius 2 is 2.12 bits per heavy atom. The summed E-state index contributed by atoms with van der Waals surface area (Å²) < 4.78 is 28.8. The van der Waals surface area contributed by atoms with Gasteiger partial charge in [-0.2, -0.15) is 10.3 Å². The fraction of sp³-hybridized carbons (Fsp3) is 0.400. The number of sulfone groups is 1. The Hall–Kier alpha value is -1.95. The van der Waals surface area contributed by atoms with Crippen molar-refractivity contribution in [3.63, 3.8) is 0 Å². The predicted octanol–water partition coefficient (Wildman–Crippen LogP) is 1.95. The van der Waals surface area contributed by atoms with E-state index in [1.54, 1.807) is 20.0 Å². The number of hydrogen-bond acceptors (Lipinski definition) is 7. The van der Waals surface area contributed by atoms with Crippen LogP contribution in [0.2, 0.25) is 5.02 Å². The number of nitriles is 1. The number of esters is 1. The van der Waals surface area contributed by atoms with Crippen molar-refractivity contribution in [1.82, 2.24) is 5.32 Å². The van der Waals surface area contributed by atoms with Gasteiger partial charge in [0.2, 0.25) is 6.19 Å². The molecule has 0 atom stereocenters. The van der Waals surface area contributed by atoms with Gasteiger partial charge in [0.05, 0.1) is 22.1 Å². The summed E-state index contributed by atoms with van der Waals surface area (Å²) in [6.45, 7) is 3.87. The first-order valence-corrected chi connectivity index (χ1v) is 9.30. The third kappa shape index (κ3) is 5.30. The van der Waals surface area contributed by atoms with E-state index >= 15 is 0 Å². The SMILES string of the molecule is CCOC(=O)c1ccc(S(C)(=O)=O)c(CNC/C(C)=N/C#N)c1Cl. The van der Waals surface area contributed by atoms with Gasteiger partial charge >= 0.3 is 5.97 Å². The van der Waals surface area contributed by atoms with Crippen LogP contribution in [0.4, 0.5) is 0 Å². The molecule has 0 aromatic heterocycles. The third-order valence-electron chi connectivity index (χ3n) is 3.02. The largest absolute Gasteiger partial charge is 0.462 e. The van der Waals surface area contributed by atoms with E-state index in [9.17, 15) is 13.2 Å². The zero-order chi connectivity index (χ0) is 18.3. The Labute approximate surface area is 146 Å². The van der Waals surface area contributed by atoms with Gasteiger partial charge in [0.25, 0.3) is 0 Å². The van der Waals surface area contributed by atoms with E-state index in [1.165, 1.54) is 12.1 Å². The maximum absolute atomic E-state index is 11.9. The van der Waals surface area contributed by atoms with E-state index in [0.717, 1.165) is 6.26 Å². The van der Waals surface area contributed by atoms with E-state index in [0.29, 0.717) is 5.71 Å². The van der Waals surface area contributed by atoms with Crippen LogP contribution in [0, 0.1) is 11.5 Å². The zero-order valence-corrected chi connectivity index (χ0v) is 15.2. The van der Waals surface area contributed by atoms with Crippen molar-refractivity contribution in [1.29, 1.82) is 5.26 Å². The minimum absolute atomic E-state index is 0.0266. The van der Waals surface area contributed by atoms with Crippen molar-refractivity contribution in [2.45, 2.75) is 25.3 Å². The Morgan fingerprint density at radius 1 is 1.46 bits per heavy atom. The number of ether oxygens (including phenoxy) is 1. The molecule has 0 spiro atoms. The maximum Gasteiger partial charge on any atom is 0.339 e. The van der Waals surface area contributed by atoms with Gasteiger partial charge in [-0.25, -0.2) is 13.2 Å². The molecular formula is C15H18ClN3O4S. The van der Waals surface area contributed by atoms with Gasteiger partial charge in [-0.05, 0) is 26.0 Å². The quantitative estimate of drug-likeness (QED) is 0.445. The number of aliphatic imine (C=N–C) groups is 1. The number of nitrogens with zero attached hydrogens (tertiary/aromatic N) is 2. The molecule has 1 aromatic carbocycles. The Bertz CT molecular complexity index is 798. The highest BCUT2D eigenvalue weighted by Crippen LogP contribution is 2.28. The normalized spacial score (nSPS) is 11.9. The van der Waals surface area contributed by atoms with E-state index < -0.39 is 15.8 Å². The molecule has 0 aliphatic heterocycles. The average molecular weight is 372 g/mol. The van der Waals surface area contributed by atoms with E-state index in [4.69, 9.17) is 21.6 Å². The average Bonchev–Trinajstić information content (AvgIpc) is 2.48. The molecule has 0 fully saturated rings. The monoisotopic (exact) mass is 371 g/mol. The van der Waals surface area contributed by atoms with Crippen molar-refractivity contribution >= 4 is 33.1 Å². The van der Waals surface area contributed by atoms with Crippen LogP contribution in [0.1, 0.15) is 29.8 Å². The van der Waals surface area contributed by atoms with Crippen LogP contribution in [-0.2, 0) is 21.1 Å². The summed E-state index contributed by atoms with van der Waals surface area (Å²) in [4.78, 5) is 15.5. The fourth-order valence-corrected chi connectivity index (χ4v) is 3.28. The van der Waals surface area contributed by atoms with E-state index in [-0.39, 0.29) is 40.7 Å². The highest BCUT2D eigenvalue weighted by molar-refractivity contribution is 7.90. The lowest BCUT2D eigenvalue weighted by Crippen LogP contribution is -2.22. The molecule has 0 unspecified atom stereocenters. The van der Waals surface area contributed by atoms with Gasteiger partial charge in [-0.1, -0.05) is 11.6 Å². The molecular weight excluding hydrogens is 354 g/mol. The summed E-state index contributed by atoms with van der Waals surface area (Å²) in [5.41, 5.74) is 0.913. The first-order chi connectivity index (χ1) is 11.2. The summed E-state index contributed by atoms with van der Waals surface area (Å²) in [7, 11) is -3.53. The number of benzene rings is 1. The van der Waals surface area contributed by atoms with Crippen LogP contribution in [0.25, 0.3) is 0 Å². The molecule has 0 aliphatic rings. The predicted molar refractivity (Wildman–Crippen MR) is 90.9 cm³/mol. The molecule has 130 valence electrons. The zero-order valence-electron chi connectivity index (χ0n) is 13.6. The molecule has 0 bridgehead atoms. The topological polar surface area (TPSA) is 109 Å². The van der Waals surface area contributed by atoms with Crippen LogP contribution in [0.3, 0.4) is 0 Å². The smallest absolute Gasteiger partial charge is 0.339 e.